The number of hydrogen-bond donors (Lipinski definition) is 1. The lowest BCUT2D eigenvalue weighted by Gasteiger charge is -2.11. The number of methoxy groups -OCH3 is 2. The van der Waals surface area contributed by atoms with Crippen LogP contribution in [0.15, 0.2) is 84.9 Å². The van der Waals surface area contributed by atoms with E-state index in [9.17, 15) is 4.79 Å². The van der Waals surface area contributed by atoms with Crippen LogP contribution in [0.25, 0.3) is 5.57 Å². The topological polar surface area (TPSA) is 47.6 Å². The molecule has 0 atom stereocenters. The van der Waals surface area contributed by atoms with Crippen LogP contribution in [0.4, 0.5) is 0 Å². The minimum atomic E-state index is -0.148. The van der Waals surface area contributed by atoms with E-state index >= 15 is 0 Å². The largest absolute Gasteiger partial charge is 0.497 e. The molecule has 0 aromatic heterocycles. The summed E-state index contributed by atoms with van der Waals surface area (Å²) in [5, 5.41) is 2.95. The SMILES string of the molecule is COc1ccc(C(=CC(=O)NCc2ccccc2)c2ccc(OC)cc2)cc1. The highest BCUT2D eigenvalue weighted by Gasteiger charge is 2.09. The van der Waals surface area contributed by atoms with Gasteiger partial charge in [-0.1, -0.05) is 54.6 Å². The normalized spacial score (nSPS) is 10.1. The number of benzene rings is 3. The Morgan fingerprint density at radius 1 is 0.786 bits per heavy atom. The molecular formula is C24H23NO3. The molecule has 0 unspecified atom stereocenters. The number of hydrogen-bond acceptors (Lipinski definition) is 3. The monoisotopic (exact) mass is 373 g/mol. The maximum Gasteiger partial charge on any atom is 0.244 e. The third-order valence-corrected chi connectivity index (χ3v) is 4.39. The van der Waals surface area contributed by atoms with Crippen LogP contribution in [-0.2, 0) is 11.3 Å². The molecule has 0 aliphatic heterocycles. The molecule has 0 saturated heterocycles. The Balaban J connectivity index is 1.87. The van der Waals surface area contributed by atoms with Gasteiger partial charge in [0.05, 0.1) is 14.2 Å². The molecule has 0 spiro atoms. The van der Waals surface area contributed by atoms with Crippen molar-refractivity contribution in [3.8, 4) is 11.5 Å². The molecule has 4 heteroatoms. The van der Waals surface area contributed by atoms with E-state index in [1.807, 2.05) is 78.9 Å². The molecule has 142 valence electrons. The zero-order valence-electron chi connectivity index (χ0n) is 16.0. The summed E-state index contributed by atoms with van der Waals surface area (Å²) in [4.78, 5) is 12.6. The van der Waals surface area contributed by atoms with E-state index < -0.39 is 0 Å². The van der Waals surface area contributed by atoms with Gasteiger partial charge in [0.1, 0.15) is 11.5 Å². The van der Waals surface area contributed by atoms with Crippen molar-refractivity contribution in [2.75, 3.05) is 14.2 Å². The standard InChI is InChI=1S/C24H23NO3/c1-27-21-12-8-19(9-13-21)23(20-10-14-22(28-2)15-11-20)16-24(26)25-17-18-6-4-3-5-7-18/h3-16H,17H2,1-2H3,(H,25,26). The predicted octanol–water partition coefficient (Wildman–Crippen LogP) is 4.45. The zero-order valence-corrected chi connectivity index (χ0v) is 16.0. The van der Waals surface area contributed by atoms with E-state index in [2.05, 4.69) is 5.32 Å². The third-order valence-electron chi connectivity index (χ3n) is 4.39. The van der Waals surface area contributed by atoms with E-state index in [0.717, 1.165) is 33.8 Å². The summed E-state index contributed by atoms with van der Waals surface area (Å²) in [5.41, 5.74) is 3.75. The van der Waals surface area contributed by atoms with Gasteiger partial charge in [0.15, 0.2) is 0 Å². The van der Waals surface area contributed by atoms with Crippen LogP contribution in [0.1, 0.15) is 16.7 Å². The Morgan fingerprint density at radius 2 is 1.29 bits per heavy atom. The third kappa shape index (κ3) is 5.01. The molecule has 4 nitrogen and oxygen atoms in total. The van der Waals surface area contributed by atoms with Crippen molar-refractivity contribution in [1.29, 1.82) is 0 Å². The highest BCUT2D eigenvalue weighted by atomic mass is 16.5. The average Bonchev–Trinajstić information content (AvgIpc) is 2.77. The van der Waals surface area contributed by atoms with Gasteiger partial charge in [-0.05, 0) is 46.5 Å². The highest BCUT2D eigenvalue weighted by Crippen LogP contribution is 2.26. The van der Waals surface area contributed by atoms with E-state index in [1.165, 1.54) is 0 Å². The van der Waals surface area contributed by atoms with Crippen molar-refractivity contribution < 1.29 is 14.3 Å². The number of amides is 1. The fourth-order valence-electron chi connectivity index (χ4n) is 2.84. The molecular weight excluding hydrogens is 350 g/mol. The van der Waals surface area contributed by atoms with Crippen molar-refractivity contribution in [3.05, 3.63) is 102 Å². The quantitative estimate of drug-likeness (QED) is 0.623. The molecule has 3 aromatic rings. The summed E-state index contributed by atoms with van der Waals surface area (Å²) in [5.74, 6) is 1.39. The van der Waals surface area contributed by atoms with E-state index in [-0.39, 0.29) is 5.91 Å². The predicted molar refractivity (Wildman–Crippen MR) is 111 cm³/mol. The van der Waals surface area contributed by atoms with Crippen molar-refractivity contribution in [2.24, 2.45) is 0 Å². The molecule has 3 rings (SSSR count). The number of carbonyl (C=O) groups excluding carboxylic acids is 1. The van der Waals surface area contributed by atoms with Gasteiger partial charge in [0.2, 0.25) is 5.91 Å². The van der Waals surface area contributed by atoms with E-state index in [4.69, 9.17) is 9.47 Å². The summed E-state index contributed by atoms with van der Waals surface area (Å²) in [6, 6.07) is 25.1. The molecule has 0 fully saturated rings. The molecule has 28 heavy (non-hydrogen) atoms. The highest BCUT2D eigenvalue weighted by molar-refractivity contribution is 5.99. The first-order valence-corrected chi connectivity index (χ1v) is 9.02. The molecule has 1 amide bonds. The number of rotatable bonds is 7. The summed E-state index contributed by atoms with van der Waals surface area (Å²) in [7, 11) is 3.26. The zero-order chi connectivity index (χ0) is 19.8. The smallest absolute Gasteiger partial charge is 0.244 e. The second kappa shape index (κ2) is 9.42. The first-order chi connectivity index (χ1) is 13.7. The van der Waals surface area contributed by atoms with Crippen LogP contribution < -0.4 is 14.8 Å². The lowest BCUT2D eigenvalue weighted by atomic mass is 9.97. The molecule has 0 saturated carbocycles. The van der Waals surface area contributed by atoms with Crippen molar-refractivity contribution in [2.45, 2.75) is 6.54 Å². The van der Waals surface area contributed by atoms with E-state index in [1.54, 1.807) is 20.3 Å². The molecule has 0 aliphatic carbocycles. The fraction of sp³-hybridized carbons (Fsp3) is 0.125. The lowest BCUT2D eigenvalue weighted by molar-refractivity contribution is -0.116. The minimum absolute atomic E-state index is 0.148. The summed E-state index contributed by atoms with van der Waals surface area (Å²) < 4.78 is 10.5. The maximum atomic E-state index is 12.6. The van der Waals surface area contributed by atoms with Gasteiger partial charge in [0.25, 0.3) is 0 Å². The first-order valence-electron chi connectivity index (χ1n) is 9.02. The molecule has 0 aliphatic rings. The minimum Gasteiger partial charge on any atom is -0.497 e. The van der Waals surface area contributed by atoms with Crippen LogP contribution in [0, 0.1) is 0 Å². The summed E-state index contributed by atoms with van der Waals surface area (Å²) >= 11 is 0. The van der Waals surface area contributed by atoms with Crippen LogP contribution in [0.3, 0.4) is 0 Å². The molecule has 0 radical (unpaired) electrons. The second-order valence-electron chi connectivity index (χ2n) is 6.22. The van der Waals surface area contributed by atoms with Crippen LogP contribution in [-0.4, -0.2) is 20.1 Å². The first kappa shape index (κ1) is 19.2. The Hall–Kier alpha value is -3.53. The van der Waals surface area contributed by atoms with Crippen LogP contribution >= 0.6 is 0 Å². The Labute approximate surface area is 165 Å². The van der Waals surface area contributed by atoms with Crippen molar-refractivity contribution in [3.63, 3.8) is 0 Å². The van der Waals surface area contributed by atoms with Gasteiger partial charge < -0.3 is 14.8 Å². The van der Waals surface area contributed by atoms with Crippen LogP contribution in [0.5, 0.6) is 11.5 Å². The molecule has 0 heterocycles. The van der Waals surface area contributed by atoms with Gasteiger partial charge in [-0.3, -0.25) is 4.79 Å². The van der Waals surface area contributed by atoms with Crippen molar-refractivity contribution >= 4 is 11.5 Å². The molecule has 0 bridgehead atoms. The number of carbonyl (C=O) groups is 1. The van der Waals surface area contributed by atoms with E-state index in [0.29, 0.717) is 6.54 Å². The molecule has 1 N–H and O–H groups in total. The Bertz CT molecular complexity index is 880. The van der Waals surface area contributed by atoms with Gasteiger partial charge in [-0.2, -0.15) is 0 Å². The fourth-order valence-corrected chi connectivity index (χ4v) is 2.84. The maximum absolute atomic E-state index is 12.6. The van der Waals surface area contributed by atoms with Crippen LogP contribution in [0.2, 0.25) is 0 Å². The summed E-state index contributed by atoms with van der Waals surface area (Å²) in [6.45, 7) is 0.481. The average molecular weight is 373 g/mol. The van der Waals surface area contributed by atoms with Gasteiger partial charge in [-0.25, -0.2) is 0 Å². The summed E-state index contributed by atoms with van der Waals surface area (Å²) in [6.07, 6.45) is 1.63. The number of nitrogens with one attached hydrogen (secondary N) is 1. The van der Waals surface area contributed by atoms with Crippen molar-refractivity contribution in [1.82, 2.24) is 5.32 Å². The molecule has 3 aromatic carbocycles. The lowest BCUT2D eigenvalue weighted by Crippen LogP contribution is -2.20. The van der Waals surface area contributed by atoms with Gasteiger partial charge >= 0.3 is 0 Å². The van der Waals surface area contributed by atoms with Gasteiger partial charge in [0, 0.05) is 12.6 Å². The second-order valence-corrected chi connectivity index (χ2v) is 6.22. The Morgan fingerprint density at radius 3 is 1.75 bits per heavy atom. The Kier molecular flexibility index (Phi) is 6.47. The number of ether oxygens (including phenoxy) is 2. The van der Waals surface area contributed by atoms with Gasteiger partial charge in [-0.15, -0.1) is 0 Å².